The van der Waals surface area contributed by atoms with Gasteiger partial charge in [-0.25, -0.2) is 15.0 Å². The Morgan fingerprint density at radius 3 is 2.46 bits per heavy atom. The number of pyridine rings is 1. The van der Waals surface area contributed by atoms with Crippen LogP contribution >= 0.6 is 0 Å². The van der Waals surface area contributed by atoms with Gasteiger partial charge in [-0.15, -0.1) is 0 Å². The van der Waals surface area contributed by atoms with Gasteiger partial charge < -0.3 is 11.1 Å². The van der Waals surface area contributed by atoms with Gasteiger partial charge in [0.15, 0.2) is 5.65 Å². The number of fused-ring (bicyclic) bond motifs is 1. The number of rotatable bonds is 4. The van der Waals surface area contributed by atoms with E-state index in [-0.39, 0.29) is 0 Å². The molecular formula is C16H14F3N5. The van der Waals surface area contributed by atoms with Gasteiger partial charge in [-0.05, 0) is 36.2 Å². The number of nitrogens with one attached hydrogen (secondary N) is 1. The standard InChI is InChI=1S/C16H14F3N5/c17-16(18,19)11-3-1-10(2-4-11)7-8-21-14-12-5-6-13(20)24-15(12)23-9-22-14/h1-6,9H,7-8H2,(H3,20,21,22,23,24). The minimum absolute atomic E-state index is 0.372. The lowest BCUT2D eigenvalue weighted by molar-refractivity contribution is -0.137. The van der Waals surface area contributed by atoms with Crippen molar-refractivity contribution in [1.29, 1.82) is 0 Å². The zero-order valence-electron chi connectivity index (χ0n) is 12.5. The van der Waals surface area contributed by atoms with Crippen LogP contribution in [-0.2, 0) is 12.6 Å². The Hall–Kier alpha value is -2.90. The van der Waals surface area contributed by atoms with Crippen molar-refractivity contribution in [3.8, 4) is 0 Å². The highest BCUT2D eigenvalue weighted by Crippen LogP contribution is 2.29. The molecule has 1 aromatic carbocycles. The summed E-state index contributed by atoms with van der Waals surface area (Å²) >= 11 is 0. The molecule has 2 aromatic heterocycles. The predicted molar refractivity (Wildman–Crippen MR) is 85.4 cm³/mol. The Labute approximate surface area is 135 Å². The smallest absolute Gasteiger partial charge is 0.384 e. The van der Waals surface area contributed by atoms with Crippen molar-refractivity contribution in [2.75, 3.05) is 17.6 Å². The van der Waals surface area contributed by atoms with Crippen molar-refractivity contribution in [2.24, 2.45) is 0 Å². The predicted octanol–water partition coefficient (Wildman–Crippen LogP) is 3.28. The lowest BCUT2D eigenvalue weighted by atomic mass is 10.1. The maximum absolute atomic E-state index is 12.5. The van der Waals surface area contributed by atoms with Crippen molar-refractivity contribution in [3.05, 3.63) is 53.9 Å². The van der Waals surface area contributed by atoms with Crippen molar-refractivity contribution in [2.45, 2.75) is 12.6 Å². The van der Waals surface area contributed by atoms with Crippen LogP contribution in [0, 0.1) is 0 Å². The Morgan fingerprint density at radius 2 is 1.75 bits per heavy atom. The summed E-state index contributed by atoms with van der Waals surface area (Å²) in [6, 6.07) is 8.56. The van der Waals surface area contributed by atoms with Gasteiger partial charge in [0.2, 0.25) is 0 Å². The highest BCUT2D eigenvalue weighted by molar-refractivity contribution is 5.86. The van der Waals surface area contributed by atoms with Gasteiger partial charge in [0.25, 0.3) is 0 Å². The molecule has 0 atom stereocenters. The second-order valence-electron chi connectivity index (χ2n) is 5.20. The highest BCUT2D eigenvalue weighted by Gasteiger charge is 2.29. The first-order valence-corrected chi connectivity index (χ1v) is 7.21. The third kappa shape index (κ3) is 3.53. The maximum Gasteiger partial charge on any atom is 0.416 e. The third-order valence-electron chi connectivity index (χ3n) is 3.51. The summed E-state index contributed by atoms with van der Waals surface area (Å²) in [6.45, 7) is 0.516. The Morgan fingerprint density at radius 1 is 1.00 bits per heavy atom. The van der Waals surface area contributed by atoms with Crippen molar-refractivity contribution in [3.63, 3.8) is 0 Å². The minimum atomic E-state index is -4.31. The monoisotopic (exact) mass is 333 g/mol. The van der Waals surface area contributed by atoms with Crippen LogP contribution in [-0.4, -0.2) is 21.5 Å². The molecule has 0 spiro atoms. The van der Waals surface area contributed by atoms with Gasteiger partial charge in [-0.1, -0.05) is 12.1 Å². The number of hydrogen-bond donors (Lipinski definition) is 2. The number of nitrogens with two attached hydrogens (primary N) is 1. The van der Waals surface area contributed by atoms with E-state index < -0.39 is 11.7 Å². The van der Waals surface area contributed by atoms with Crippen molar-refractivity contribution >= 4 is 22.7 Å². The van der Waals surface area contributed by atoms with E-state index in [0.717, 1.165) is 23.1 Å². The van der Waals surface area contributed by atoms with Gasteiger partial charge in [0.05, 0.1) is 10.9 Å². The molecule has 8 heteroatoms. The van der Waals surface area contributed by atoms with Gasteiger partial charge in [-0.2, -0.15) is 13.2 Å². The van der Waals surface area contributed by atoms with E-state index in [1.165, 1.54) is 18.5 Å². The normalized spacial score (nSPS) is 11.6. The van der Waals surface area contributed by atoms with Gasteiger partial charge >= 0.3 is 6.18 Å². The summed E-state index contributed by atoms with van der Waals surface area (Å²) < 4.78 is 37.6. The van der Waals surface area contributed by atoms with Crippen molar-refractivity contribution in [1.82, 2.24) is 15.0 Å². The molecule has 24 heavy (non-hydrogen) atoms. The van der Waals surface area contributed by atoms with Crippen LogP contribution < -0.4 is 11.1 Å². The summed E-state index contributed by atoms with van der Waals surface area (Å²) in [4.78, 5) is 12.3. The zero-order valence-corrected chi connectivity index (χ0v) is 12.5. The number of benzene rings is 1. The number of alkyl halides is 3. The van der Waals surface area contributed by atoms with Crippen LogP contribution in [0.15, 0.2) is 42.7 Å². The Bertz CT molecular complexity index is 846. The molecule has 3 N–H and O–H groups in total. The molecule has 0 amide bonds. The lowest BCUT2D eigenvalue weighted by Crippen LogP contribution is -2.08. The van der Waals surface area contributed by atoms with Crippen LogP contribution in [0.4, 0.5) is 24.8 Å². The quantitative estimate of drug-likeness (QED) is 0.766. The van der Waals surface area contributed by atoms with Gasteiger partial charge in [0.1, 0.15) is 18.0 Å². The van der Waals surface area contributed by atoms with Crippen LogP contribution in [0.5, 0.6) is 0 Å². The molecule has 0 saturated carbocycles. The number of aromatic nitrogens is 3. The van der Waals surface area contributed by atoms with E-state index in [0.29, 0.717) is 30.2 Å². The summed E-state index contributed by atoms with van der Waals surface area (Å²) in [7, 11) is 0. The second-order valence-corrected chi connectivity index (χ2v) is 5.20. The largest absolute Gasteiger partial charge is 0.416 e. The van der Waals surface area contributed by atoms with Crippen LogP contribution in [0.2, 0.25) is 0 Å². The first-order valence-electron chi connectivity index (χ1n) is 7.21. The molecule has 2 heterocycles. The Kier molecular flexibility index (Phi) is 4.20. The van der Waals surface area contributed by atoms with E-state index in [1.807, 2.05) is 0 Å². The second kappa shape index (κ2) is 6.31. The molecule has 0 fully saturated rings. The van der Waals surface area contributed by atoms with E-state index >= 15 is 0 Å². The molecule has 3 rings (SSSR count). The maximum atomic E-state index is 12.5. The zero-order chi connectivity index (χ0) is 17.2. The third-order valence-corrected chi connectivity index (χ3v) is 3.51. The molecule has 0 radical (unpaired) electrons. The fraction of sp³-hybridized carbons (Fsp3) is 0.188. The number of hydrogen-bond acceptors (Lipinski definition) is 5. The number of halogens is 3. The fourth-order valence-electron chi connectivity index (χ4n) is 2.28. The SMILES string of the molecule is Nc1ccc2c(NCCc3ccc(C(F)(F)F)cc3)ncnc2n1. The van der Waals surface area contributed by atoms with E-state index in [4.69, 9.17) is 5.73 Å². The molecule has 0 unspecified atom stereocenters. The molecule has 0 saturated heterocycles. The number of nitrogens with zero attached hydrogens (tertiary/aromatic N) is 3. The molecule has 5 nitrogen and oxygen atoms in total. The lowest BCUT2D eigenvalue weighted by Gasteiger charge is -2.09. The van der Waals surface area contributed by atoms with Gasteiger partial charge in [-0.3, -0.25) is 0 Å². The summed E-state index contributed by atoms with van der Waals surface area (Å²) in [6.07, 6.45) is -2.37. The molecule has 0 aliphatic rings. The first kappa shape index (κ1) is 16.0. The minimum Gasteiger partial charge on any atom is -0.384 e. The molecule has 0 aliphatic heterocycles. The first-order chi connectivity index (χ1) is 11.4. The van der Waals surface area contributed by atoms with Crippen molar-refractivity contribution < 1.29 is 13.2 Å². The summed E-state index contributed by atoms with van der Waals surface area (Å²) in [5.41, 5.74) is 6.26. The average Bonchev–Trinajstić information content (AvgIpc) is 2.54. The van der Waals surface area contributed by atoms with E-state index in [2.05, 4.69) is 20.3 Å². The van der Waals surface area contributed by atoms with E-state index in [1.54, 1.807) is 12.1 Å². The fourth-order valence-corrected chi connectivity index (χ4v) is 2.28. The van der Waals surface area contributed by atoms with E-state index in [9.17, 15) is 13.2 Å². The molecule has 0 aliphatic carbocycles. The molecule has 124 valence electrons. The van der Waals surface area contributed by atoms with Crippen LogP contribution in [0.25, 0.3) is 11.0 Å². The van der Waals surface area contributed by atoms with Crippen LogP contribution in [0.3, 0.4) is 0 Å². The van der Waals surface area contributed by atoms with Crippen LogP contribution in [0.1, 0.15) is 11.1 Å². The summed E-state index contributed by atoms with van der Waals surface area (Å²) in [5, 5.41) is 3.88. The Balaban J connectivity index is 1.67. The number of anilines is 2. The highest BCUT2D eigenvalue weighted by atomic mass is 19.4. The molecular weight excluding hydrogens is 319 g/mol. The topological polar surface area (TPSA) is 76.7 Å². The molecule has 0 bridgehead atoms. The molecule has 3 aromatic rings. The average molecular weight is 333 g/mol. The number of nitrogen functional groups attached to an aromatic ring is 1. The van der Waals surface area contributed by atoms with Gasteiger partial charge in [0, 0.05) is 6.54 Å². The summed E-state index contributed by atoms with van der Waals surface area (Å²) in [5.74, 6) is 0.983.